The Balaban J connectivity index is 1.34. The molecule has 4 amide bonds. The smallest absolute Gasteiger partial charge is 0.325 e. The number of hydrogen-bond acceptors (Lipinski definition) is 5. The first-order valence-corrected chi connectivity index (χ1v) is 10.6. The molecule has 1 saturated heterocycles. The highest BCUT2D eigenvalue weighted by atomic mass is 16.5. The fourth-order valence-electron chi connectivity index (χ4n) is 3.92. The summed E-state index contributed by atoms with van der Waals surface area (Å²) in [4.78, 5) is 38.7. The molecule has 1 aliphatic heterocycles. The lowest BCUT2D eigenvalue weighted by Gasteiger charge is -2.15. The molecule has 33 heavy (non-hydrogen) atoms. The van der Waals surface area contributed by atoms with Crippen LogP contribution in [0, 0.1) is 0 Å². The van der Waals surface area contributed by atoms with Gasteiger partial charge in [0, 0.05) is 30.9 Å². The zero-order chi connectivity index (χ0) is 23.5. The van der Waals surface area contributed by atoms with Gasteiger partial charge >= 0.3 is 6.03 Å². The van der Waals surface area contributed by atoms with Gasteiger partial charge in [0.1, 0.15) is 6.04 Å². The number of imide groups is 1. The Bertz CT molecular complexity index is 1220. The van der Waals surface area contributed by atoms with Crippen LogP contribution in [0.25, 0.3) is 10.9 Å². The number of aryl methyl sites for hydroxylation is 1. The van der Waals surface area contributed by atoms with Crippen molar-refractivity contribution in [2.75, 3.05) is 19.5 Å². The minimum absolute atomic E-state index is 0.102. The molecular formula is C24H26N4O5. The molecule has 2 aromatic carbocycles. The molecule has 0 saturated carbocycles. The molecule has 172 valence electrons. The Morgan fingerprint density at radius 3 is 2.61 bits per heavy atom. The Morgan fingerprint density at radius 1 is 1.06 bits per heavy atom. The van der Waals surface area contributed by atoms with Crippen LogP contribution in [-0.4, -0.2) is 47.6 Å². The van der Waals surface area contributed by atoms with Gasteiger partial charge in [-0.2, -0.15) is 0 Å². The summed E-state index contributed by atoms with van der Waals surface area (Å²) in [6.45, 7) is 0.102. The van der Waals surface area contributed by atoms with Gasteiger partial charge in [0.2, 0.25) is 5.91 Å². The van der Waals surface area contributed by atoms with Crippen LogP contribution in [0.5, 0.6) is 11.5 Å². The highest BCUT2D eigenvalue weighted by Crippen LogP contribution is 2.28. The number of rotatable bonds is 8. The van der Waals surface area contributed by atoms with E-state index in [9.17, 15) is 14.4 Å². The summed E-state index contributed by atoms with van der Waals surface area (Å²) in [6.07, 6.45) is 2.27. The summed E-state index contributed by atoms with van der Waals surface area (Å²) in [6, 6.07) is 11.7. The van der Waals surface area contributed by atoms with E-state index in [2.05, 4.69) is 10.6 Å². The minimum atomic E-state index is -0.737. The number of hydrogen-bond donors (Lipinski definition) is 2. The average molecular weight is 450 g/mol. The summed E-state index contributed by atoms with van der Waals surface area (Å²) in [5, 5.41) is 6.62. The second-order valence-electron chi connectivity index (χ2n) is 7.90. The van der Waals surface area contributed by atoms with E-state index in [1.165, 1.54) is 14.2 Å². The molecule has 2 N–H and O–H groups in total. The van der Waals surface area contributed by atoms with E-state index in [0.29, 0.717) is 17.2 Å². The maximum absolute atomic E-state index is 12.8. The SMILES string of the molecule is COc1ccc(CN2C(=O)N[C@H](CCC(=O)Nc3ccc4ccn(C)c4c3)C2=O)cc1OC. The number of fused-ring (bicyclic) bond motifs is 1. The van der Waals surface area contributed by atoms with Gasteiger partial charge in [-0.15, -0.1) is 0 Å². The lowest BCUT2D eigenvalue weighted by Crippen LogP contribution is -2.31. The molecular weight excluding hydrogens is 424 g/mol. The predicted molar refractivity (Wildman–Crippen MR) is 123 cm³/mol. The number of ether oxygens (including phenoxy) is 2. The van der Waals surface area contributed by atoms with Crippen molar-refractivity contribution in [3.63, 3.8) is 0 Å². The summed E-state index contributed by atoms with van der Waals surface area (Å²) in [5.41, 5.74) is 2.42. The standard InChI is InChI=1S/C24H26N4O5/c1-27-11-10-16-5-6-17(13-19(16)27)25-22(29)9-7-18-23(30)28(24(31)26-18)14-15-4-8-20(32-2)21(12-15)33-3/h4-6,8,10-13,18H,7,9,14H2,1-3H3,(H,25,29)(H,26,31)/t18-/m1/s1. The van der Waals surface area contributed by atoms with E-state index in [4.69, 9.17) is 9.47 Å². The predicted octanol–water partition coefficient (Wildman–Crippen LogP) is 3.03. The number of amides is 4. The van der Waals surface area contributed by atoms with Crippen LogP contribution < -0.4 is 20.1 Å². The van der Waals surface area contributed by atoms with Gasteiger partial charge < -0.3 is 24.7 Å². The molecule has 0 unspecified atom stereocenters. The van der Waals surface area contributed by atoms with Crippen molar-refractivity contribution in [3.8, 4) is 11.5 Å². The molecule has 2 heterocycles. The van der Waals surface area contributed by atoms with E-state index in [-0.39, 0.29) is 31.2 Å². The number of carbonyl (C=O) groups is 3. The highest BCUT2D eigenvalue weighted by molar-refractivity contribution is 6.04. The maximum atomic E-state index is 12.8. The number of methoxy groups -OCH3 is 2. The lowest BCUT2D eigenvalue weighted by molar-refractivity contribution is -0.128. The molecule has 1 atom stereocenters. The van der Waals surface area contributed by atoms with E-state index < -0.39 is 12.1 Å². The zero-order valence-electron chi connectivity index (χ0n) is 18.8. The summed E-state index contributed by atoms with van der Waals surface area (Å²) in [7, 11) is 5.00. The summed E-state index contributed by atoms with van der Waals surface area (Å²) < 4.78 is 12.5. The van der Waals surface area contributed by atoms with Gasteiger partial charge in [0.05, 0.1) is 20.8 Å². The monoisotopic (exact) mass is 450 g/mol. The number of urea groups is 1. The van der Waals surface area contributed by atoms with Crippen LogP contribution in [0.3, 0.4) is 0 Å². The molecule has 9 heteroatoms. The zero-order valence-corrected chi connectivity index (χ0v) is 18.8. The molecule has 0 bridgehead atoms. The Hall–Kier alpha value is -4.01. The Kier molecular flexibility index (Phi) is 6.21. The van der Waals surface area contributed by atoms with Gasteiger partial charge in [0.25, 0.3) is 5.91 Å². The molecule has 0 radical (unpaired) electrons. The fraction of sp³-hybridized carbons (Fsp3) is 0.292. The van der Waals surface area contributed by atoms with Crippen molar-refractivity contribution in [3.05, 3.63) is 54.2 Å². The molecule has 0 aliphatic carbocycles. The van der Waals surface area contributed by atoms with E-state index in [1.54, 1.807) is 18.2 Å². The molecule has 1 aromatic heterocycles. The van der Waals surface area contributed by atoms with Crippen molar-refractivity contribution in [2.45, 2.75) is 25.4 Å². The van der Waals surface area contributed by atoms with E-state index in [1.807, 2.05) is 42.1 Å². The minimum Gasteiger partial charge on any atom is -0.493 e. The third kappa shape index (κ3) is 4.62. The number of nitrogens with one attached hydrogen (secondary N) is 2. The largest absolute Gasteiger partial charge is 0.493 e. The van der Waals surface area contributed by atoms with Crippen molar-refractivity contribution in [1.82, 2.24) is 14.8 Å². The van der Waals surface area contributed by atoms with Gasteiger partial charge in [-0.05, 0) is 47.7 Å². The second-order valence-corrected chi connectivity index (χ2v) is 7.90. The van der Waals surface area contributed by atoms with Crippen LogP contribution in [0.1, 0.15) is 18.4 Å². The van der Waals surface area contributed by atoms with Gasteiger partial charge in [0.15, 0.2) is 11.5 Å². The molecule has 3 aromatic rings. The van der Waals surface area contributed by atoms with Gasteiger partial charge in [-0.3, -0.25) is 14.5 Å². The van der Waals surface area contributed by atoms with Gasteiger partial charge in [-0.25, -0.2) is 4.79 Å². The van der Waals surface area contributed by atoms with Crippen LogP contribution in [0.15, 0.2) is 48.7 Å². The first-order chi connectivity index (χ1) is 15.9. The maximum Gasteiger partial charge on any atom is 0.325 e. The quantitative estimate of drug-likeness (QED) is 0.514. The van der Waals surface area contributed by atoms with E-state index >= 15 is 0 Å². The Morgan fingerprint density at radius 2 is 1.85 bits per heavy atom. The molecule has 4 rings (SSSR count). The summed E-state index contributed by atoms with van der Waals surface area (Å²) >= 11 is 0. The molecule has 1 aliphatic rings. The first-order valence-electron chi connectivity index (χ1n) is 10.6. The third-order valence-electron chi connectivity index (χ3n) is 5.73. The lowest BCUT2D eigenvalue weighted by atomic mass is 10.1. The van der Waals surface area contributed by atoms with Crippen LogP contribution in [-0.2, 0) is 23.2 Å². The topological polar surface area (TPSA) is 102 Å². The van der Waals surface area contributed by atoms with Crippen molar-refractivity contribution < 1.29 is 23.9 Å². The number of anilines is 1. The third-order valence-corrected chi connectivity index (χ3v) is 5.73. The molecule has 9 nitrogen and oxygen atoms in total. The van der Waals surface area contributed by atoms with Crippen molar-refractivity contribution >= 4 is 34.4 Å². The van der Waals surface area contributed by atoms with Crippen LogP contribution >= 0.6 is 0 Å². The number of carbonyl (C=O) groups excluding carboxylic acids is 3. The highest BCUT2D eigenvalue weighted by Gasteiger charge is 2.37. The number of nitrogens with zero attached hydrogens (tertiary/aromatic N) is 2. The first kappa shape index (κ1) is 22.2. The Labute approximate surface area is 191 Å². The summed E-state index contributed by atoms with van der Waals surface area (Å²) in [5.74, 6) is 0.509. The van der Waals surface area contributed by atoms with Crippen LogP contribution in [0.2, 0.25) is 0 Å². The van der Waals surface area contributed by atoms with Crippen molar-refractivity contribution in [2.24, 2.45) is 7.05 Å². The van der Waals surface area contributed by atoms with Gasteiger partial charge in [-0.1, -0.05) is 12.1 Å². The molecule has 1 fully saturated rings. The van der Waals surface area contributed by atoms with Crippen molar-refractivity contribution in [1.29, 1.82) is 0 Å². The average Bonchev–Trinajstić information content (AvgIpc) is 3.31. The fourth-order valence-corrected chi connectivity index (χ4v) is 3.92. The van der Waals surface area contributed by atoms with E-state index in [0.717, 1.165) is 21.4 Å². The number of aromatic nitrogens is 1. The normalized spacial score (nSPS) is 15.6. The number of benzene rings is 2. The van der Waals surface area contributed by atoms with Crippen LogP contribution in [0.4, 0.5) is 10.5 Å². The second kappa shape index (κ2) is 9.23. The molecule has 0 spiro atoms.